The summed E-state index contributed by atoms with van der Waals surface area (Å²) in [5.41, 5.74) is 23.9. The van der Waals surface area contributed by atoms with Crippen molar-refractivity contribution >= 4 is 49.8 Å². The number of benzene rings is 13. The van der Waals surface area contributed by atoms with E-state index in [4.69, 9.17) is 4.42 Å². The molecule has 15 rings (SSSR count). The van der Waals surface area contributed by atoms with Gasteiger partial charge in [-0.25, -0.2) is 0 Å². The van der Waals surface area contributed by atoms with Gasteiger partial charge in [0, 0.05) is 33.4 Å². The Morgan fingerprint density at radius 1 is 0.253 bits per heavy atom. The van der Waals surface area contributed by atoms with Gasteiger partial charge in [0.25, 0.3) is 0 Å². The standard InChI is InChI=1S/C77H51NO/c1-3-19-63(20-4-1)77(64-21-5-2-6-22-64)73-27-11-9-23-69(73)70-48-41-62(51-74(70)77)56-37-44-66(45-38-56)78(67-46-39-57(40-47-67)68-25-14-26-72-71-24-10-12-28-75(71)79-76(68)72)65-42-35-54(36-43-65)53-29-31-55(32-30-53)59-17-13-18-60(49-59)61-34-33-52-15-7-8-16-58(52)50-61/h1-51H. The van der Waals surface area contributed by atoms with E-state index in [1.54, 1.807) is 0 Å². The normalized spacial score (nSPS) is 12.4. The van der Waals surface area contributed by atoms with Crippen LogP contribution in [0.2, 0.25) is 0 Å². The summed E-state index contributed by atoms with van der Waals surface area (Å²) in [7, 11) is 0. The second-order valence-corrected chi connectivity index (χ2v) is 20.8. The number of anilines is 3. The van der Waals surface area contributed by atoms with Crippen LogP contribution >= 0.6 is 0 Å². The smallest absolute Gasteiger partial charge is 0.143 e. The molecule has 1 aromatic heterocycles. The van der Waals surface area contributed by atoms with E-state index < -0.39 is 5.41 Å². The summed E-state index contributed by atoms with van der Waals surface area (Å²) in [5, 5.41) is 4.76. The predicted octanol–water partition coefficient (Wildman–Crippen LogP) is 20.9. The van der Waals surface area contributed by atoms with Crippen LogP contribution in [0, 0.1) is 0 Å². The van der Waals surface area contributed by atoms with Crippen LogP contribution in [0.4, 0.5) is 17.1 Å². The summed E-state index contributed by atoms with van der Waals surface area (Å²) in [6.07, 6.45) is 0. The number of nitrogens with zero attached hydrogens (tertiary/aromatic N) is 1. The molecule has 0 N–H and O–H groups in total. The van der Waals surface area contributed by atoms with Gasteiger partial charge in [0.1, 0.15) is 11.2 Å². The van der Waals surface area contributed by atoms with Crippen molar-refractivity contribution in [1.29, 1.82) is 0 Å². The molecule has 0 atom stereocenters. The number of hydrogen-bond donors (Lipinski definition) is 0. The molecule has 0 bridgehead atoms. The first-order valence-corrected chi connectivity index (χ1v) is 27.2. The largest absolute Gasteiger partial charge is 0.455 e. The van der Waals surface area contributed by atoms with Crippen LogP contribution in [0.15, 0.2) is 314 Å². The molecule has 13 aromatic carbocycles. The van der Waals surface area contributed by atoms with E-state index in [9.17, 15) is 0 Å². The van der Waals surface area contributed by atoms with Crippen LogP contribution in [0.3, 0.4) is 0 Å². The molecule has 0 spiro atoms. The minimum absolute atomic E-state index is 0.470. The number of para-hydroxylation sites is 2. The third-order valence-electron chi connectivity index (χ3n) is 16.4. The maximum atomic E-state index is 6.50. The van der Waals surface area contributed by atoms with Crippen LogP contribution in [-0.4, -0.2) is 0 Å². The van der Waals surface area contributed by atoms with E-state index in [1.165, 1.54) is 77.5 Å². The molecule has 1 aliphatic carbocycles. The molecule has 79 heavy (non-hydrogen) atoms. The quantitative estimate of drug-likeness (QED) is 0.136. The van der Waals surface area contributed by atoms with Gasteiger partial charge in [0.2, 0.25) is 0 Å². The van der Waals surface area contributed by atoms with Gasteiger partial charge in [0.15, 0.2) is 0 Å². The highest BCUT2D eigenvalue weighted by Crippen LogP contribution is 2.57. The molecule has 0 amide bonds. The van der Waals surface area contributed by atoms with Crippen molar-refractivity contribution in [2.45, 2.75) is 5.41 Å². The number of hydrogen-bond acceptors (Lipinski definition) is 2. The average Bonchev–Trinajstić information content (AvgIpc) is 3.49. The lowest BCUT2D eigenvalue weighted by Gasteiger charge is -2.34. The van der Waals surface area contributed by atoms with Crippen molar-refractivity contribution in [3.05, 3.63) is 332 Å². The summed E-state index contributed by atoms with van der Waals surface area (Å²) in [5.74, 6) is 0. The highest BCUT2D eigenvalue weighted by Gasteiger charge is 2.46. The van der Waals surface area contributed by atoms with E-state index in [-0.39, 0.29) is 0 Å². The van der Waals surface area contributed by atoms with E-state index in [0.29, 0.717) is 0 Å². The summed E-state index contributed by atoms with van der Waals surface area (Å²) in [6, 6.07) is 113. The lowest BCUT2D eigenvalue weighted by Crippen LogP contribution is -2.28. The molecular formula is C77H51NO. The van der Waals surface area contributed by atoms with Crippen LogP contribution in [0.1, 0.15) is 22.3 Å². The predicted molar refractivity (Wildman–Crippen MR) is 330 cm³/mol. The average molecular weight is 1010 g/mol. The maximum absolute atomic E-state index is 6.50. The molecule has 0 saturated carbocycles. The zero-order chi connectivity index (χ0) is 52.3. The van der Waals surface area contributed by atoms with Crippen molar-refractivity contribution in [2.24, 2.45) is 0 Å². The summed E-state index contributed by atoms with van der Waals surface area (Å²) in [4.78, 5) is 2.36. The number of rotatable bonds is 10. The zero-order valence-corrected chi connectivity index (χ0v) is 43.3. The molecule has 0 unspecified atom stereocenters. The maximum Gasteiger partial charge on any atom is 0.143 e. The van der Waals surface area contributed by atoms with E-state index >= 15 is 0 Å². The lowest BCUT2D eigenvalue weighted by atomic mass is 9.67. The first-order chi connectivity index (χ1) is 39.1. The fraction of sp³-hybridized carbons (Fsp3) is 0.0130. The Morgan fingerprint density at radius 3 is 1.37 bits per heavy atom. The molecule has 0 fully saturated rings. The van der Waals surface area contributed by atoms with Crippen LogP contribution < -0.4 is 4.90 Å². The molecule has 2 heteroatoms. The SMILES string of the molecule is c1ccc(C2(c3ccccc3)c3ccccc3-c3ccc(-c4ccc(N(c5ccc(-c6ccc(-c7cccc(-c8ccc9ccccc9c8)c7)cc6)cc5)c5ccc(-c6cccc7c6oc6ccccc67)cc5)cc4)cc32)cc1. The van der Waals surface area contributed by atoms with E-state index in [1.807, 2.05) is 12.1 Å². The van der Waals surface area contributed by atoms with Crippen molar-refractivity contribution in [2.75, 3.05) is 4.90 Å². The van der Waals surface area contributed by atoms with Gasteiger partial charge in [0.05, 0.1) is 5.41 Å². The topological polar surface area (TPSA) is 16.4 Å². The van der Waals surface area contributed by atoms with Crippen molar-refractivity contribution in [3.63, 3.8) is 0 Å². The van der Waals surface area contributed by atoms with E-state index in [0.717, 1.165) is 61.3 Å². The minimum Gasteiger partial charge on any atom is -0.455 e. The van der Waals surface area contributed by atoms with Gasteiger partial charge in [-0.2, -0.15) is 0 Å². The molecule has 1 aliphatic rings. The summed E-state index contributed by atoms with van der Waals surface area (Å²) in [6.45, 7) is 0. The molecule has 1 heterocycles. The van der Waals surface area contributed by atoms with Gasteiger partial charge in [-0.3, -0.25) is 0 Å². The molecule has 370 valence electrons. The second-order valence-electron chi connectivity index (χ2n) is 20.8. The fourth-order valence-corrected chi connectivity index (χ4v) is 12.5. The third kappa shape index (κ3) is 7.88. The molecule has 2 nitrogen and oxygen atoms in total. The first-order valence-electron chi connectivity index (χ1n) is 27.2. The Balaban J connectivity index is 0.781. The highest BCUT2D eigenvalue weighted by atomic mass is 16.3. The summed E-state index contributed by atoms with van der Waals surface area (Å²) >= 11 is 0. The third-order valence-corrected chi connectivity index (χ3v) is 16.4. The van der Waals surface area contributed by atoms with E-state index in [2.05, 4.69) is 302 Å². The second kappa shape index (κ2) is 19.1. The molecule has 0 saturated heterocycles. The highest BCUT2D eigenvalue weighted by molar-refractivity contribution is 6.09. The molecule has 0 aliphatic heterocycles. The van der Waals surface area contributed by atoms with Gasteiger partial charge in [-0.05, 0) is 155 Å². The van der Waals surface area contributed by atoms with Crippen LogP contribution in [-0.2, 0) is 5.41 Å². The van der Waals surface area contributed by atoms with Crippen molar-refractivity contribution < 1.29 is 4.42 Å². The lowest BCUT2D eigenvalue weighted by molar-refractivity contribution is 0.670. The molecular weight excluding hydrogens is 955 g/mol. The Kier molecular flexibility index (Phi) is 11.1. The molecule has 0 radical (unpaired) electrons. The van der Waals surface area contributed by atoms with Gasteiger partial charge in [-0.1, -0.05) is 249 Å². The van der Waals surface area contributed by atoms with Gasteiger partial charge in [-0.15, -0.1) is 0 Å². The number of fused-ring (bicyclic) bond motifs is 7. The van der Waals surface area contributed by atoms with Gasteiger partial charge >= 0.3 is 0 Å². The van der Waals surface area contributed by atoms with Crippen molar-refractivity contribution in [1.82, 2.24) is 0 Å². The Hall–Kier alpha value is -10.3. The Bertz CT molecular complexity index is 4520. The van der Waals surface area contributed by atoms with Crippen LogP contribution in [0.5, 0.6) is 0 Å². The Morgan fingerprint density at radius 2 is 0.696 bits per heavy atom. The zero-order valence-electron chi connectivity index (χ0n) is 43.3. The van der Waals surface area contributed by atoms with Gasteiger partial charge < -0.3 is 9.32 Å². The van der Waals surface area contributed by atoms with Crippen molar-refractivity contribution in [3.8, 4) is 66.8 Å². The Labute approximate surface area is 460 Å². The summed E-state index contributed by atoms with van der Waals surface area (Å²) < 4.78 is 6.50. The number of furan rings is 1. The van der Waals surface area contributed by atoms with Crippen LogP contribution in [0.25, 0.3) is 99.5 Å². The molecule has 14 aromatic rings. The monoisotopic (exact) mass is 1010 g/mol. The fourth-order valence-electron chi connectivity index (χ4n) is 12.5. The minimum atomic E-state index is -0.470. The first kappa shape index (κ1) is 46.1.